The summed E-state index contributed by atoms with van der Waals surface area (Å²) in [5.74, 6) is 0.222. The predicted octanol–water partition coefficient (Wildman–Crippen LogP) is 1.49. The highest BCUT2D eigenvalue weighted by Crippen LogP contribution is 2.20. The first-order chi connectivity index (χ1) is 10.6. The molecule has 3 rings (SSSR count). The van der Waals surface area contributed by atoms with Crippen LogP contribution in [0.1, 0.15) is 24.9 Å². The average molecular weight is 299 g/mol. The van der Waals surface area contributed by atoms with Gasteiger partial charge in [0.05, 0.1) is 12.2 Å². The highest BCUT2D eigenvalue weighted by atomic mass is 16.2. The lowest BCUT2D eigenvalue weighted by Gasteiger charge is -2.34. The fourth-order valence-corrected chi connectivity index (χ4v) is 2.52. The molecule has 116 valence electrons. The van der Waals surface area contributed by atoms with Crippen LogP contribution in [0.5, 0.6) is 0 Å². The Morgan fingerprint density at radius 3 is 2.59 bits per heavy atom. The first kappa shape index (κ1) is 14.7. The largest absolute Gasteiger partial charge is 0.341 e. The summed E-state index contributed by atoms with van der Waals surface area (Å²) in [7, 11) is 1.99. The number of hydrogen-bond acceptors (Lipinski definition) is 4. The van der Waals surface area contributed by atoms with Crippen molar-refractivity contribution < 1.29 is 4.79 Å². The summed E-state index contributed by atoms with van der Waals surface area (Å²) >= 11 is 0. The first-order valence-electron chi connectivity index (χ1n) is 7.58. The summed E-state index contributed by atoms with van der Waals surface area (Å²) in [5.41, 5.74) is 2.16. The number of hydrogen-bond donors (Lipinski definition) is 0. The summed E-state index contributed by atoms with van der Waals surface area (Å²) in [6.07, 6.45) is 4.33. The molecule has 1 unspecified atom stereocenters. The lowest BCUT2D eigenvalue weighted by molar-refractivity contribution is -0.136. The van der Waals surface area contributed by atoms with Crippen molar-refractivity contribution >= 4 is 5.91 Å². The Morgan fingerprint density at radius 1 is 1.32 bits per heavy atom. The van der Waals surface area contributed by atoms with Crippen molar-refractivity contribution in [3.8, 4) is 5.69 Å². The second-order valence-corrected chi connectivity index (χ2v) is 5.76. The Morgan fingerprint density at radius 2 is 2.05 bits per heavy atom. The van der Waals surface area contributed by atoms with Gasteiger partial charge in [0.2, 0.25) is 5.91 Å². The van der Waals surface area contributed by atoms with Gasteiger partial charge in [-0.05, 0) is 38.1 Å². The number of amides is 1. The zero-order valence-corrected chi connectivity index (χ0v) is 13.0. The second kappa shape index (κ2) is 6.27. The molecule has 0 spiro atoms. The van der Waals surface area contributed by atoms with Gasteiger partial charge in [0.15, 0.2) is 0 Å². The molecule has 2 aromatic rings. The molecule has 6 nitrogen and oxygen atoms in total. The van der Waals surface area contributed by atoms with Gasteiger partial charge in [-0.25, -0.2) is 9.67 Å². The van der Waals surface area contributed by atoms with E-state index in [1.165, 1.54) is 11.9 Å². The van der Waals surface area contributed by atoms with Crippen LogP contribution in [0, 0.1) is 0 Å². The number of carbonyl (C=O) groups is 1. The van der Waals surface area contributed by atoms with Crippen molar-refractivity contribution in [2.24, 2.45) is 0 Å². The molecule has 1 atom stereocenters. The molecule has 1 amide bonds. The van der Waals surface area contributed by atoms with E-state index in [0.29, 0.717) is 6.54 Å². The Balaban J connectivity index is 1.63. The van der Waals surface area contributed by atoms with Gasteiger partial charge < -0.3 is 4.90 Å². The molecule has 0 N–H and O–H groups in total. The third-order valence-corrected chi connectivity index (χ3v) is 4.31. The van der Waals surface area contributed by atoms with Crippen molar-refractivity contribution in [3.05, 3.63) is 42.5 Å². The zero-order valence-electron chi connectivity index (χ0n) is 13.0. The van der Waals surface area contributed by atoms with E-state index < -0.39 is 0 Å². The Kier molecular flexibility index (Phi) is 4.20. The van der Waals surface area contributed by atoms with Crippen LogP contribution in [0.2, 0.25) is 0 Å². The predicted molar refractivity (Wildman–Crippen MR) is 83.6 cm³/mol. The summed E-state index contributed by atoms with van der Waals surface area (Å²) in [5, 5.41) is 4.12. The van der Waals surface area contributed by atoms with Gasteiger partial charge in [0.1, 0.15) is 12.7 Å². The highest BCUT2D eigenvalue weighted by molar-refractivity contribution is 5.78. The monoisotopic (exact) mass is 299 g/mol. The van der Waals surface area contributed by atoms with Crippen LogP contribution in [0.4, 0.5) is 0 Å². The molecule has 0 saturated carbocycles. The molecule has 2 heterocycles. The van der Waals surface area contributed by atoms with Crippen LogP contribution in [0.25, 0.3) is 5.69 Å². The maximum atomic E-state index is 12.0. The summed E-state index contributed by atoms with van der Waals surface area (Å²) in [4.78, 5) is 20.0. The van der Waals surface area contributed by atoms with Crippen molar-refractivity contribution in [1.82, 2.24) is 24.6 Å². The topological polar surface area (TPSA) is 54.3 Å². The number of rotatable bonds is 5. The molecule has 1 aliphatic heterocycles. The lowest BCUT2D eigenvalue weighted by Crippen LogP contribution is -2.46. The van der Waals surface area contributed by atoms with E-state index in [1.807, 2.05) is 24.1 Å². The second-order valence-electron chi connectivity index (χ2n) is 5.76. The fourth-order valence-electron chi connectivity index (χ4n) is 2.52. The van der Waals surface area contributed by atoms with Crippen LogP contribution in [-0.4, -0.2) is 57.2 Å². The number of carbonyl (C=O) groups excluding carboxylic acids is 1. The quantitative estimate of drug-likeness (QED) is 0.839. The van der Waals surface area contributed by atoms with Crippen molar-refractivity contribution in [1.29, 1.82) is 0 Å². The van der Waals surface area contributed by atoms with Gasteiger partial charge in [-0.1, -0.05) is 12.1 Å². The molecule has 1 aliphatic rings. The Bertz CT molecular complexity index is 618. The minimum Gasteiger partial charge on any atom is -0.341 e. The number of likely N-dealkylation sites (N-methyl/N-ethyl adjacent to an activating group) is 1. The number of nitrogens with zero attached hydrogens (tertiary/aromatic N) is 5. The van der Waals surface area contributed by atoms with Gasteiger partial charge in [-0.3, -0.25) is 9.69 Å². The number of benzene rings is 1. The average Bonchev–Trinajstić information content (AvgIpc) is 2.99. The molecule has 1 aromatic heterocycles. The van der Waals surface area contributed by atoms with E-state index in [0.717, 1.165) is 25.2 Å². The van der Waals surface area contributed by atoms with Gasteiger partial charge >= 0.3 is 0 Å². The Labute approximate surface area is 130 Å². The number of aromatic nitrogens is 3. The third kappa shape index (κ3) is 3.01. The zero-order chi connectivity index (χ0) is 15.5. The SMILES string of the molecule is CC(c1ccc(-n2cncn2)cc1)N(C)CC(=O)N1CCC1. The Hall–Kier alpha value is -2.21. The normalized spacial score (nSPS) is 15.7. The smallest absolute Gasteiger partial charge is 0.236 e. The van der Waals surface area contributed by atoms with Crippen molar-refractivity contribution in [2.75, 3.05) is 26.7 Å². The summed E-state index contributed by atoms with van der Waals surface area (Å²) in [6.45, 7) is 4.40. The summed E-state index contributed by atoms with van der Waals surface area (Å²) in [6, 6.07) is 8.38. The molecule has 1 aromatic carbocycles. The fraction of sp³-hybridized carbons (Fsp3) is 0.438. The van der Waals surface area contributed by atoms with Crippen molar-refractivity contribution in [2.45, 2.75) is 19.4 Å². The van der Waals surface area contributed by atoms with Crippen molar-refractivity contribution in [3.63, 3.8) is 0 Å². The van der Waals surface area contributed by atoms with Crippen LogP contribution in [-0.2, 0) is 4.79 Å². The molecule has 6 heteroatoms. The number of likely N-dealkylation sites (tertiary alicyclic amines) is 1. The van der Waals surface area contributed by atoms with E-state index in [2.05, 4.69) is 34.0 Å². The van der Waals surface area contributed by atoms with Crippen LogP contribution < -0.4 is 0 Å². The van der Waals surface area contributed by atoms with Gasteiger partial charge in [0.25, 0.3) is 0 Å². The first-order valence-corrected chi connectivity index (χ1v) is 7.58. The molecule has 1 saturated heterocycles. The molecular weight excluding hydrogens is 278 g/mol. The van der Waals surface area contributed by atoms with Crippen LogP contribution in [0.3, 0.4) is 0 Å². The molecule has 1 fully saturated rings. The third-order valence-electron chi connectivity index (χ3n) is 4.31. The van der Waals surface area contributed by atoms with Crippen LogP contribution >= 0.6 is 0 Å². The van der Waals surface area contributed by atoms with E-state index in [1.54, 1.807) is 11.0 Å². The van der Waals surface area contributed by atoms with E-state index in [-0.39, 0.29) is 11.9 Å². The molecule has 22 heavy (non-hydrogen) atoms. The highest BCUT2D eigenvalue weighted by Gasteiger charge is 2.23. The lowest BCUT2D eigenvalue weighted by atomic mass is 10.1. The van der Waals surface area contributed by atoms with Gasteiger partial charge in [0, 0.05) is 19.1 Å². The standard InChI is InChI=1S/C16H21N5O/c1-13(19(2)10-16(22)20-8-3-9-20)14-4-6-15(7-5-14)21-12-17-11-18-21/h4-7,11-13H,3,8-10H2,1-2H3. The van der Waals surface area contributed by atoms with E-state index in [9.17, 15) is 4.79 Å². The molecule has 0 aliphatic carbocycles. The van der Waals surface area contributed by atoms with Gasteiger partial charge in [-0.15, -0.1) is 0 Å². The maximum Gasteiger partial charge on any atom is 0.236 e. The minimum atomic E-state index is 0.190. The maximum absolute atomic E-state index is 12.0. The molecule has 0 bridgehead atoms. The van der Waals surface area contributed by atoms with E-state index >= 15 is 0 Å². The van der Waals surface area contributed by atoms with E-state index in [4.69, 9.17) is 0 Å². The van der Waals surface area contributed by atoms with Crippen LogP contribution in [0.15, 0.2) is 36.9 Å². The molecular formula is C16H21N5O. The van der Waals surface area contributed by atoms with Gasteiger partial charge in [-0.2, -0.15) is 5.10 Å². The summed E-state index contributed by atoms with van der Waals surface area (Å²) < 4.78 is 1.73. The minimum absolute atomic E-state index is 0.190. The molecule has 0 radical (unpaired) electrons.